The largest absolute Gasteiger partial charge is 0.373 e. The highest BCUT2D eigenvalue weighted by molar-refractivity contribution is 5.50. The standard InChI is InChI=1S/C17H19N3/c1-18-16-14-7-4-8-15(14)19-17(20-16)13-10-9-11-5-2-3-6-12(11)13/h2-3,5-6,13H,4,7-10H2,1H3,(H,18,19,20). The van der Waals surface area contributed by atoms with Crippen molar-refractivity contribution >= 4 is 5.82 Å². The maximum atomic E-state index is 4.89. The van der Waals surface area contributed by atoms with Gasteiger partial charge in [0, 0.05) is 24.2 Å². The van der Waals surface area contributed by atoms with Crippen LogP contribution in [0.15, 0.2) is 24.3 Å². The molecule has 4 rings (SSSR count). The van der Waals surface area contributed by atoms with Crippen LogP contribution in [0.25, 0.3) is 0 Å². The maximum absolute atomic E-state index is 4.89. The van der Waals surface area contributed by atoms with E-state index in [1.165, 1.54) is 28.8 Å². The van der Waals surface area contributed by atoms with Gasteiger partial charge in [0.2, 0.25) is 0 Å². The van der Waals surface area contributed by atoms with E-state index < -0.39 is 0 Å². The summed E-state index contributed by atoms with van der Waals surface area (Å²) in [6, 6.07) is 8.73. The normalized spacial score (nSPS) is 19.8. The number of aromatic nitrogens is 2. The van der Waals surface area contributed by atoms with Gasteiger partial charge in [0.1, 0.15) is 11.6 Å². The Hall–Kier alpha value is -1.90. The molecular formula is C17H19N3. The van der Waals surface area contributed by atoms with Gasteiger partial charge in [-0.1, -0.05) is 24.3 Å². The summed E-state index contributed by atoms with van der Waals surface area (Å²) in [4.78, 5) is 9.71. The Labute approximate surface area is 119 Å². The smallest absolute Gasteiger partial charge is 0.138 e. The molecule has 20 heavy (non-hydrogen) atoms. The lowest BCUT2D eigenvalue weighted by molar-refractivity contribution is 0.721. The van der Waals surface area contributed by atoms with Gasteiger partial charge in [-0.05, 0) is 43.2 Å². The Kier molecular flexibility index (Phi) is 2.72. The molecule has 1 unspecified atom stereocenters. The van der Waals surface area contributed by atoms with Crippen LogP contribution in [-0.2, 0) is 19.3 Å². The zero-order chi connectivity index (χ0) is 13.5. The average molecular weight is 265 g/mol. The molecule has 0 saturated carbocycles. The lowest BCUT2D eigenvalue weighted by Crippen LogP contribution is -2.09. The van der Waals surface area contributed by atoms with Crippen molar-refractivity contribution in [1.29, 1.82) is 0 Å². The van der Waals surface area contributed by atoms with E-state index in [4.69, 9.17) is 9.97 Å². The Morgan fingerprint density at radius 1 is 1.10 bits per heavy atom. The fourth-order valence-electron chi connectivity index (χ4n) is 3.64. The first kappa shape index (κ1) is 11.9. The van der Waals surface area contributed by atoms with E-state index in [1.54, 1.807) is 0 Å². The van der Waals surface area contributed by atoms with Crippen LogP contribution < -0.4 is 5.32 Å². The van der Waals surface area contributed by atoms with Crippen LogP contribution in [-0.4, -0.2) is 17.0 Å². The summed E-state index contributed by atoms with van der Waals surface area (Å²) >= 11 is 0. The molecule has 2 aromatic rings. The summed E-state index contributed by atoms with van der Waals surface area (Å²) in [5.41, 5.74) is 5.49. The highest BCUT2D eigenvalue weighted by Crippen LogP contribution is 2.38. The third kappa shape index (κ3) is 1.73. The number of anilines is 1. The molecular weight excluding hydrogens is 246 g/mol. The highest BCUT2D eigenvalue weighted by Gasteiger charge is 2.28. The number of nitrogens with one attached hydrogen (secondary N) is 1. The van der Waals surface area contributed by atoms with Crippen molar-refractivity contribution in [2.75, 3.05) is 12.4 Å². The van der Waals surface area contributed by atoms with E-state index in [-0.39, 0.29) is 0 Å². The van der Waals surface area contributed by atoms with Gasteiger partial charge in [-0.15, -0.1) is 0 Å². The molecule has 102 valence electrons. The maximum Gasteiger partial charge on any atom is 0.138 e. The third-order valence-electron chi connectivity index (χ3n) is 4.63. The Morgan fingerprint density at radius 2 is 2.00 bits per heavy atom. The van der Waals surface area contributed by atoms with Crippen molar-refractivity contribution in [3.05, 3.63) is 52.5 Å². The summed E-state index contributed by atoms with van der Waals surface area (Å²) in [6.07, 6.45) is 5.72. The molecule has 1 aromatic carbocycles. The number of nitrogens with zero attached hydrogens (tertiary/aromatic N) is 2. The van der Waals surface area contributed by atoms with Crippen LogP contribution in [0.5, 0.6) is 0 Å². The predicted molar refractivity (Wildman–Crippen MR) is 80.2 cm³/mol. The number of fused-ring (bicyclic) bond motifs is 2. The SMILES string of the molecule is CNc1nc(C2CCc3ccccc32)nc2c1CCC2. The van der Waals surface area contributed by atoms with Gasteiger partial charge in [-0.25, -0.2) is 9.97 Å². The van der Waals surface area contributed by atoms with E-state index in [2.05, 4.69) is 29.6 Å². The number of hydrogen-bond acceptors (Lipinski definition) is 3. The van der Waals surface area contributed by atoms with Crippen molar-refractivity contribution in [2.45, 2.75) is 38.0 Å². The summed E-state index contributed by atoms with van der Waals surface area (Å²) in [7, 11) is 1.97. The summed E-state index contributed by atoms with van der Waals surface area (Å²) in [5.74, 6) is 2.44. The minimum atomic E-state index is 0.379. The molecule has 0 bridgehead atoms. The van der Waals surface area contributed by atoms with E-state index in [9.17, 15) is 0 Å². The fraction of sp³-hybridized carbons (Fsp3) is 0.412. The summed E-state index contributed by atoms with van der Waals surface area (Å²) < 4.78 is 0. The Morgan fingerprint density at radius 3 is 2.90 bits per heavy atom. The van der Waals surface area contributed by atoms with Gasteiger partial charge < -0.3 is 5.32 Å². The Bertz CT molecular complexity index is 663. The monoisotopic (exact) mass is 265 g/mol. The molecule has 0 fully saturated rings. The van der Waals surface area contributed by atoms with E-state index in [0.29, 0.717) is 5.92 Å². The van der Waals surface area contributed by atoms with Crippen LogP contribution in [0.2, 0.25) is 0 Å². The van der Waals surface area contributed by atoms with Crippen molar-refractivity contribution in [1.82, 2.24) is 9.97 Å². The molecule has 0 spiro atoms. The van der Waals surface area contributed by atoms with Gasteiger partial charge in [0.05, 0.1) is 0 Å². The average Bonchev–Trinajstić information content (AvgIpc) is 3.12. The first-order valence-electron chi connectivity index (χ1n) is 7.52. The van der Waals surface area contributed by atoms with Crippen LogP contribution in [0, 0.1) is 0 Å². The zero-order valence-corrected chi connectivity index (χ0v) is 11.8. The number of benzene rings is 1. The van der Waals surface area contributed by atoms with Crippen LogP contribution >= 0.6 is 0 Å². The second-order valence-electron chi connectivity index (χ2n) is 5.75. The van der Waals surface area contributed by atoms with Crippen molar-refractivity contribution in [3.63, 3.8) is 0 Å². The molecule has 2 aliphatic carbocycles. The molecule has 0 saturated heterocycles. The minimum absolute atomic E-state index is 0.379. The van der Waals surface area contributed by atoms with Crippen molar-refractivity contribution in [2.24, 2.45) is 0 Å². The molecule has 1 atom stereocenters. The van der Waals surface area contributed by atoms with Crippen LogP contribution in [0.1, 0.15) is 47.0 Å². The molecule has 3 nitrogen and oxygen atoms in total. The minimum Gasteiger partial charge on any atom is -0.373 e. The second-order valence-corrected chi connectivity index (χ2v) is 5.75. The topological polar surface area (TPSA) is 37.8 Å². The first-order chi connectivity index (χ1) is 9.86. The number of rotatable bonds is 2. The lowest BCUT2D eigenvalue weighted by atomic mass is 10.0. The van der Waals surface area contributed by atoms with E-state index in [1.807, 2.05) is 7.05 Å². The zero-order valence-electron chi connectivity index (χ0n) is 11.8. The van der Waals surface area contributed by atoms with Gasteiger partial charge >= 0.3 is 0 Å². The summed E-state index contributed by atoms with van der Waals surface area (Å²) in [5, 5.41) is 3.26. The molecule has 1 aromatic heterocycles. The molecule has 0 aliphatic heterocycles. The molecule has 1 heterocycles. The van der Waals surface area contributed by atoms with Gasteiger partial charge in [-0.3, -0.25) is 0 Å². The first-order valence-corrected chi connectivity index (χ1v) is 7.52. The van der Waals surface area contributed by atoms with E-state index >= 15 is 0 Å². The van der Waals surface area contributed by atoms with Crippen molar-refractivity contribution < 1.29 is 0 Å². The van der Waals surface area contributed by atoms with Gasteiger partial charge in [-0.2, -0.15) is 0 Å². The lowest BCUT2D eigenvalue weighted by Gasteiger charge is -2.14. The molecule has 2 aliphatic rings. The van der Waals surface area contributed by atoms with Gasteiger partial charge in [0.25, 0.3) is 0 Å². The summed E-state index contributed by atoms with van der Waals surface area (Å²) in [6.45, 7) is 0. The van der Waals surface area contributed by atoms with Crippen molar-refractivity contribution in [3.8, 4) is 0 Å². The predicted octanol–water partition coefficient (Wildman–Crippen LogP) is 3.09. The number of aryl methyl sites for hydroxylation is 2. The quantitative estimate of drug-likeness (QED) is 0.906. The van der Waals surface area contributed by atoms with Crippen LogP contribution in [0.3, 0.4) is 0 Å². The molecule has 3 heteroatoms. The molecule has 1 N–H and O–H groups in total. The fourth-order valence-corrected chi connectivity index (χ4v) is 3.64. The second kappa shape index (κ2) is 4.58. The number of hydrogen-bond donors (Lipinski definition) is 1. The molecule has 0 radical (unpaired) electrons. The highest BCUT2D eigenvalue weighted by atomic mass is 15.0. The third-order valence-corrected chi connectivity index (χ3v) is 4.63. The Balaban J connectivity index is 1.81. The van der Waals surface area contributed by atoms with Crippen LogP contribution in [0.4, 0.5) is 5.82 Å². The molecule has 0 amide bonds. The van der Waals surface area contributed by atoms with E-state index in [0.717, 1.165) is 37.3 Å². The van der Waals surface area contributed by atoms with Gasteiger partial charge in [0.15, 0.2) is 0 Å².